The van der Waals surface area contributed by atoms with Crippen molar-refractivity contribution in [1.82, 2.24) is 4.31 Å². The first-order valence-corrected chi connectivity index (χ1v) is 8.11. The summed E-state index contributed by atoms with van der Waals surface area (Å²) in [5.74, 6) is 5.65. The van der Waals surface area contributed by atoms with Gasteiger partial charge in [0, 0.05) is 18.2 Å². The summed E-state index contributed by atoms with van der Waals surface area (Å²) in [5.41, 5.74) is 0.597. The molecule has 1 fully saturated rings. The molecule has 1 N–H and O–H groups in total. The summed E-state index contributed by atoms with van der Waals surface area (Å²) in [6.45, 7) is 4.33. The third-order valence-electron chi connectivity index (χ3n) is 3.48. The van der Waals surface area contributed by atoms with E-state index in [1.165, 1.54) is 0 Å². The maximum atomic E-state index is 12.6. The third kappa shape index (κ3) is 3.04. The summed E-state index contributed by atoms with van der Waals surface area (Å²) in [6.07, 6.45) is 0.892. The Labute approximate surface area is 120 Å². The lowest BCUT2D eigenvalue weighted by molar-refractivity contribution is 0.350. The van der Waals surface area contributed by atoms with Gasteiger partial charge in [0.1, 0.15) is 6.61 Å². The van der Waals surface area contributed by atoms with Crippen LogP contribution >= 0.6 is 0 Å². The van der Waals surface area contributed by atoms with Gasteiger partial charge in [0.15, 0.2) is 0 Å². The van der Waals surface area contributed by atoms with Crippen molar-refractivity contribution in [3.05, 3.63) is 29.8 Å². The number of aliphatic hydroxyl groups excluding tert-OH is 1. The van der Waals surface area contributed by atoms with Gasteiger partial charge in [-0.3, -0.25) is 0 Å². The van der Waals surface area contributed by atoms with E-state index in [-0.39, 0.29) is 17.5 Å². The van der Waals surface area contributed by atoms with Gasteiger partial charge in [-0.2, -0.15) is 4.31 Å². The largest absolute Gasteiger partial charge is 0.384 e. The molecule has 2 unspecified atom stereocenters. The molecule has 20 heavy (non-hydrogen) atoms. The molecule has 0 aromatic heterocycles. The Morgan fingerprint density at radius 3 is 2.75 bits per heavy atom. The molecule has 0 saturated carbocycles. The fourth-order valence-electron chi connectivity index (χ4n) is 2.61. The van der Waals surface area contributed by atoms with Crippen molar-refractivity contribution in [3.63, 3.8) is 0 Å². The molecule has 1 aromatic carbocycles. The molecule has 1 saturated heterocycles. The van der Waals surface area contributed by atoms with Gasteiger partial charge in [0.25, 0.3) is 0 Å². The molecule has 0 aliphatic carbocycles. The highest BCUT2D eigenvalue weighted by atomic mass is 32.2. The highest BCUT2D eigenvalue weighted by Crippen LogP contribution is 2.29. The van der Waals surface area contributed by atoms with E-state index in [4.69, 9.17) is 5.11 Å². The Hall–Kier alpha value is -1.35. The highest BCUT2D eigenvalue weighted by molar-refractivity contribution is 7.89. The summed E-state index contributed by atoms with van der Waals surface area (Å²) in [7, 11) is -3.47. The molecule has 1 heterocycles. The van der Waals surface area contributed by atoms with Gasteiger partial charge >= 0.3 is 0 Å². The topological polar surface area (TPSA) is 57.6 Å². The van der Waals surface area contributed by atoms with Gasteiger partial charge in [0.05, 0.1) is 4.90 Å². The van der Waals surface area contributed by atoms with Crippen molar-refractivity contribution in [2.45, 2.75) is 31.2 Å². The lowest BCUT2D eigenvalue weighted by Crippen LogP contribution is -2.34. The maximum absolute atomic E-state index is 12.6. The second-order valence-electron chi connectivity index (χ2n) is 5.25. The minimum atomic E-state index is -3.47. The molecule has 0 bridgehead atoms. The molecule has 1 aromatic rings. The van der Waals surface area contributed by atoms with Crippen molar-refractivity contribution in [1.29, 1.82) is 0 Å². The molecule has 108 valence electrons. The minimum Gasteiger partial charge on any atom is -0.384 e. The molecule has 0 amide bonds. The number of nitrogens with zero attached hydrogens (tertiary/aromatic N) is 1. The third-order valence-corrected chi connectivity index (χ3v) is 5.46. The molecule has 1 aliphatic rings. The van der Waals surface area contributed by atoms with Gasteiger partial charge in [-0.25, -0.2) is 8.42 Å². The molecule has 1 aliphatic heterocycles. The normalized spacial score (nSPS) is 23.4. The molecule has 2 atom stereocenters. The number of aliphatic hydroxyl groups is 1. The Bertz CT molecular complexity index is 643. The maximum Gasteiger partial charge on any atom is 0.243 e. The molecule has 0 spiro atoms. The lowest BCUT2D eigenvalue weighted by Gasteiger charge is -2.21. The van der Waals surface area contributed by atoms with Crippen LogP contribution < -0.4 is 0 Å². The van der Waals surface area contributed by atoms with Crippen LogP contribution in [0.2, 0.25) is 0 Å². The van der Waals surface area contributed by atoms with Crippen LogP contribution in [0.1, 0.15) is 25.8 Å². The van der Waals surface area contributed by atoms with Crippen LogP contribution in [0.3, 0.4) is 0 Å². The number of benzene rings is 1. The van der Waals surface area contributed by atoms with Crippen molar-refractivity contribution >= 4 is 10.0 Å². The lowest BCUT2D eigenvalue weighted by atomic mass is 10.1. The zero-order chi connectivity index (χ0) is 14.8. The van der Waals surface area contributed by atoms with Gasteiger partial charge < -0.3 is 5.11 Å². The zero-order valence-corrected chi connectivity index (χ0v) is 12.5. The van der Waals surface area contributed by atoms with Crippen LogP contribution in [0.15, 0.2) is 29.2 Å². The van der Waals surface area contributed by atoms with E-state index in [1.807, 2.05) is 6.92 Å². The van der Waals surface area contributed by atoms with Gasteiger partial charge in [-0.05, 0) is 37.5 Å². The standard InChI is InChI=1S/C15H19NO3S/c1-12-9-13(2)16(11-12)20(18,19)15-7-3-5-14(10-15)6-4-8-17/h3,5,7,10,12-13,17H,8-9,11H2,1-2H3. The summed E-state index contributed by atoms with van der Waals surface area (Å²) in [5, 5.41) is 8.69. The molecule has 2 rings (SSSR count). The monoisotopic (exact) mass is 293 g/mol. The summed E-state index contributed by atoms with van der Waals surface area (Å²) >= 11 is 0. The first kappa shape index (κ1) is 15.0. The Kier molecular flexibility index (Phi) is 4.48. The van der Waals surface area contributed by atoms with E-state index in [1.54, 1.807) is 28.6 Å². The van der Waals surface area contributed by atoms with Crippen LogP contribution in [0.4, 0.5) is 0 Å². The first-order valence-electron chi connectivity index (χ1n) is 6.67. The Morgan fingerprint density at radius 1 is 1.40 bits per heavy atom. The van der Waals surface area contributed by atoms with Crippen molar-refractivity contribution in [3.8, 4) is 11.8 Å². The van der Waals surface area contributed by atoms with Gasteiger partial charge in [-0.1, -0.05) is 24.8 Å². The second-order valence-corrected chi connectivity index (χ2v) is 7.14. The molecular weight excluding hydrogens is 274 g/mol. The van der Waals surface area contributed by atoms with Crippen LogP contribution in [-0.4, -0.2) is 37.0 Å². The molecule has 0 radical (unpaired) electrons. The number of sulfonamides is 1. The van der Waals surface area contributed by atoms with E-state index < -0.39 is 10.0 Å². The van der Waals surface area contributed by atoms with E-state index in [2.05, 4.69) is 18.8 Å². The Balaban J connectivity index is 2.35. The van der Waals surface area contributed by atoms with Crippen LogP contribution in [-0.2, 0) is 10.0 Å². The smallest absolute Gasteiger partial charge is 0.243 e. The predicted octanol–water partition coefficient (Wildman–Crippen LogP) is 1.45. The van der Waals surface area contributed by atoms with E-state index in [0.717, 1.165) is 6.42 Å². The van der Waals surface area contributed by atoms with E-state index >= 15 is 0 Å². The van der Waals surface area contributed by atoms with Crippen LogP contribution in [0.25, 0.3) is 0 Å². The average Bonchev–Trinajstić information content (AvgIpc) is 2.76. The SMILES string of the molecule is CC1CC(C)N(S(=O)(=O)c2cccc(C#CCO)c2)C1. The second kappa shape index (κ2) is 5.96. The van der Waals surface area contributed by atoms with Crippen molar-refractivity contribution in [2.24, 2.45) is 5.92 Å². The van der Waals surface area contributed by atoms with Crippen LogP contribution in [0.5, 0.6) is 0 Å². The summed E-state index contributed by atoms with van der Waals surface area (Å²) in [4.78, 5) is 0.267. The minimum absolute atomic E-state index is 0.0298. The highest BCUT2D eigenvalue weighted by Gasteiger charge is 2.35. The summed E-state index contributed by atoms with van der Waals surface area (Å²) in [6, 6.07) is 6.60. The number of hydrogen-bond acceptors (Lipinski definition) is 3. The fraction of sp³-hybridized carbons (Fsp3) is 0.467. The molecule has 5 heteroatoms. The first-order chi connectivity index (χ1) is 9.45. The number of hydrogen-bond donors (Lipinski definition) is 1. The quantitative estimate of drug-likeness (QED) is 0.840. The molecule has 4 nitrogen and oxygen atoms in total. The van der Waals surface area contributed by atoms with E-state index in [0.29, 0.717) is 18.0 Å². The van der Waals surface area contributed by atoms with Gasteiger partial charge in [0.2, 0.25) is 10.0 Å². The van der Waals surface area contributed by atoms with Crippen molar-refractivity contribution < 1.29 is 13.5 Å². The van der Waals surface area contributed by atoms with Crippen molar-refractivity contribution in [2.75, 3.05) is 13.2 Å². The van der Waals surface area contributed by atoms with Gasteiger partial charge in [-0.15, -0.1) is 0 Å². The predicted molar refractivity (Wildman–Crippen MR) is 77.5 cm³/mol. The summed E-state index contributed by atoms with van der Waals surface area (Å²) < 4.78 is 26.9. The fourth-order valence-corrected chi connectivity index (χ4v) is 4.42. The van der Waals surface area contributed by atoms with Crippen LogP contribution in [0, 0.1) is 17.8 Å². The zero-order valence-electron chi connectivity index (χ0n) is 11.7. The Morgan fingerprint density at radius 2 is 2.15 bits per heavy atom. The van der Waals surface area contributed by atoms with E-state index in [9.17, 15) is 8.42 Å². The number of rotatable bonds is 2. The molecular formula is C15H19NO3S. The average molecular weight is 293 g/mol.